The van der Waals surface area contributed by atoms with E-state index in [9.17, 15) is 21.0 Å². The molecular formula is C108H106N8. The summed E-state index contributed by atoms with van der Waals surface area (Å²) >= 11 is 0. The molecule has 0 aliphatic rings. The maximum absolute atomic E-state index is 12.0. The Balaban J connectivity index is 0.840. The van der Waals surface area contributed by atoms with Crippen LogP contribution in [0.3, 0.4) is 0 Å². The number of nitrogens with zero attached hydrogens (tertiary/aromatic N) is 8. The Morgan fingerprint density at radius 2 is 0.474 bits per heavy atom. The third kappa shape index (κ3) is 13.3. The van der Waals surface area contributed by atoms with Crippen LogP contribution in [0.2, 0.25) is 0 Å². The molecule has 4 heterocycles. The lowest BCUT2D eigenvalue weighted by molar-refractivity contribution is 0.375. The van der Waals surface area contributed by atoms with E-state index in [0.29, 0.717) is 22.3 Å². The number of rotatable bonds is 11. The van der Waals surface area contributed by atoms with Crippen molar-refractivity contribution in [3.05, 3.63) is 285 Å². The molecule has 0 amide bonds. The van der Waals surface area contributed by atoms with Gasteiger partial charge in [0.1, 0.15) is 12.1 Å². The van der Waals surface area contributed by atoms with Crippen LogP contribution in [0.15, 0.2) is 218 Å². The maximum Gasteiger partial charge on any atom is 0.101 e. The summed E-state index contributed by atoms with van der Waals surface area (Å²) in [6.07, 6.45) is 1.72. The van der Waals surface area contributed by atoms with Crippen LogP contribution in [-0.4, -0.2) is 18.3 Å². The number of hydrogen-bond donors (Lipinski definition) is 0. The number of aromatic nitrogens is 4. The molecule has 0 saturated heterocycles. The fourth-order valence-corrected chi connectivity index (χ4v) is 17.7. The van der Waals surface area contributed by atoms with E-state index in [1.165, 1.54) is 44.5 Å². The lowest BCUT2D eigenvalue weighted by Gasteiger charge is -2.32. The molecule has 578 valence electrons. The molecule has 12 aromatic carbocycles. The SMILES string of the molecule is CC(C)(C)c1ccc2c(c1)c1cc(C(C)(C)C)ccc1n2-c1cc(-c2cccc(C#N)c2)c(-n2c3ccc(C(C)(C)C)cc3c3cc(C(C)(C)CCC(C)(C)c4ccc5c6ccc(C(C)(C)C)cc6n(-c6cc(-c7cccc(C#N)c7)c(-n7c8cc(C(C)(C)C)ccc8c8ccc(C(C)(C)C)cc87)cc6C#N)c5c4)ccc32)cc1C#N. The number of fused-ring (bicyclic) bond motifs is 12. The highest BCUT2D eigenvalue weighted by Gasteiger charge is 2.33. The lowest BCUT2D eigenvalue weighted by Crippen LogP contribution is -2.24. The predicted molar refractivity (Wildman–Crippen MR) is 487 cm³/mol. The van der Waals surface area contributed by atoms with Crippen molar-refractivity contribution in [1.29, 1.82) is 21.0 Å². The molecule has 0 unspecified atom stereocenters. The highest BCUT2D eigenvalue weighted by Crippen LogP contribution is 2.49. The normalized spacial score (nSPS) is 12.9. The Morgan fingerprint density at radius 3 is 0.784 bits per heavy atom. The lowest BCUT2D eigenvalue weighted by atomic mass is 9.72. The van der Waals surface area contributed by atoms with Gasteiger partial charge in [0.2, 0.25) is 0 Å². The molecule has 4 aromatic heterocycles. The van der Waals surface area contributed by atoms with Crippen LogP contribution in [0, 0.1) is 45.3 Å². The van der Waals surface area contributed by atoms with E-state index in [-0.39, 0.29) is 43.3 Å². The smallest absolute Gasteiger partial charge is 0.101 e. The first-order chi connectivity index (χ1) is 54.6. The summed E-state index contributed by atoms with van der Waals surface area (Å²) in [5.74, 6) is 0. The van der Waals surface area contributed by atoms with Crippen molar-refractivity contribution in [1.82, 2.24) is 18.3 Å². The molecule has 0 spiro atoms. The van der Waals surface area contributed by atoms with Crippen molar-refractivity contribution in [3.63, 3.8) is 0 Å². The van der Waals surface area contributed by atoms with Crippen molar-refractivity contribution < 1.29 is 0 Å². The van der Waals surface area contributed by atoms with Crippen LogP contribution in [0.25, 0.3) is 132 Å². The molecular weight excluding hydrogens is 1410 g/mol. The van der Waals surface area contributed by atoms with Gasteiger partial charge in [0, 0.05) is 54.2 Å². The van der Waals surface area contributed by atoms with Gasteiger partial charge in [-0.1, -0.05) is 249 Å². The fraction of sp³-hybridized carbons (Fsp3) is 0.296. The van der Waals surface area contributed by atoms with E-state index in [0.717, 1.165) is 145 Å². The monoisotopic (exact) mass is 1510 g/mol. The van der Waals surface area contributed by atoms with Gasteiger partial charge >= 0.3 is 0 Å². The molecule has 116 heavy (non-hydrogen) atoms. The molecule has 0 radical (unpaired) electrons. The second kappa shape index (κ2) is 27.2. The molecule has 8 heteroatoms. The minimum absolute atomic E-state index is 0.0926. The van der Waals surface area contributed by atoms with Gasteiger partial charge in [-0.2, -0.15) is 21.0 Å². The average Bonchev–Trinajstić information content (AvgIpc) is 1.56. The highest BCUT2D eigenvalue weighted by atomic mass is 15.0. The third-order valence-electron chi connectivity index (χ3n) is 25.2. The topological polar surface area (TPSA) is 115 Å². The van der Waals surface area contributed by atoms with Crippen LogP contribution in [0.4, 0.5) is 0 Å². The molecule has 0 saturated carbocycles. The van der Waals surface area contributed by atoms with Crippen LogP contribution >= 0.6 is 0 Å². The summed E-state index contributed by atoms with van der Waals surface area (Å²) in [6, 6.07) is 90.2. The van der Waals surface area contributed by atoms with Gasteiger partial charge in [0.05, 0.1) is 101 Å². The molecule has 16 rings (SSSR count). The fourth-order valence-electron chi connectivity index (χ4n) is 17.7. The Kier molecular flexibility index (Phi) is 18.2. The van der Waals surface area contributed by atoms with E-state index in [4.69, 9.17) is 0 Å². The Morgan fingerprint density at radius 1 is 0.224 bits per heavy atom. The zero-order valence-electron chi connectivity index (χ0n) is 71.8. The van der Waals surface area contributed by atoms with Crippen molar-refractivity contribution in [2.75, 3.05) is 0 Å². The molecule has 0 aliphatic carbocycles. The molecule has 0 aliphatic heterocycles. The minimum atomic E-state index is -0.335. The maximum atomic E-state index is 12.0. The van der Waals surface area contributed by atoms with Crippen molar-refractivity contribution in [2.45, 2.75) is 208 Å². The second-order valence-corrected chi connectivity index (χ2v) is 40.3. The molecule has 0 fully saturated rings. The minimum Gasteiger partial charge on any atom is -0.309 e. The summed E-state index contributed by atoms with van der Waals surface area (Å²) in [6.45, 7) is 50.3. The Bertz CT molecular complexity index is 6840. The first-order valence-electron chi connectivity index (χ1n) is 41.1. The van der Waals surface area contributed by atoms with Crippen LogP contribution in [0.5, 0.6) is 0 Å². The summed E-state index contributed by atoms with van der Waals surface area (Å²) in [7, 11) is 0. The van der Waals surface area contributed by atoms with Crippen LogP contribution < -0.4 is 0 Å². The first-order valence-corrected chi connectivity index (χ1v) is 41.1. The molecule has 0 N–H and O–H groups in total. The van der Waals surface area contributed by atoms with E-state index in [1.807, 2.05) is 36.4 Å². The first kappa shape index (κ1) is 77.7. The van der Waals surface area contributed by atoms with Crippen molar-refractivity contribution in [2.24, 2.45) is 0 Å². The molecule has 8 nitrogen and oxygen atoms in total. The second-order valence-electron chi connectivity index (χ2n) is 40.3. The van der Waals surface area contributed by atoms with Crippen molar-refractivity contribution >= 4 is 87.2 Å². The zero-order chi connectivity index (χ0) is 82.8. The third-order valence-corrected chi connectivity index (χ3v) is 25.2. The van der Waals surface area contributed by atoms with Gasteiger partial charge in [-0.3, -0.25) is 0 Å². The zero-order valence-corrected chi connectivity index (χ0v) is 71.8. The van der Waals surface area contributed by atoms with Gasteiger partial charge in [-0.15, -0.1) is 0 Å². The highest BCUT2D eigenvalue weighted by molar-refractivity contribution is 6.14. The van der Waals surface area contributed by atoms with E-state index in [1.54, 1.807) is 0 Å². The summed E-state index contributed by atoms with van der Waals surface area (Å²) < 4.78 is 9.40. The number of benzene rings is 12. The Labute approximate surface area is 685 Å². The van der Waals surface area contributed by atoms with Gasteiger partial charge in [0.15, 0.2) is 0 Å². The molecule has 16 aromatic rings. The van der Waals surface area contributed by atoms with Crippen molar-refractivity contribution in [3.8, 4) is 69.3 Å². The van der Waals surface area contributed by atoms with Gasteiger partial charge in [0.25, 0.3) is 0 Å². The van der Waals surface area contributed by atoms with Crippen LogP contribution in [0.1, 0.15) is 232 Å². The van der Waals surface area contributed by atoms with Gasteiger partial charge in [-0.25, -0.2) is 0 Å². The van der Waals surface area contributed by atoms with Crippen LogP contribution in [-0.2, 0) is 43.3 Å². The van der Waals surface area contributed by atoms with E-state index >= 15 is 0 Å². The molecule has 0 atom stereocenters. The van der Waals surface area contributed by atoms with Gasteiger partial charge in [-0.05, 0) is 233 Å². The summed E-state index contributed by atoms with van der Waals surface area (Å²) in [5, 5.41) is 53.8. The summed E-state index contributed by atoms with van der Waals surface area (Å²) in [4.78, 5) is 0. The van der Waals surface area contributed by atoms with Gasteiger partial charge < -0.3 is 18.3 Å². The average molecular weight is 1520 g/mol. The Hall–Kier alpha value is -12.2. The van der Waals surface area contributed by atoms with E-state index < -0.39 is 0 Å². The predicted octanol–water partition coefficient (Wildman–Crippen LogP) is 28.7. The number of hydrogen-bond acceptors (Lipinski definition) is 4. The largest absolute Gasteiger partial charge is 0.309 e. The van der Waals surface area contributed by atoms with E-state index in [2.05, 4.69) is 377 Å². The molecule has 0 bridgehead atoms. The summed E-state index contributed by atoms with van der Waals surface area (Å²) in [5.41, 5.74) is 25.5. The standard InChI is InChI=1S/C108H106N8/c1-101(2,3)71-33-41-89-85(51-71)86-52-72(102(4,5)6)34-42-90(86)113(89)93-59-83(67-27-23-25-65(47-67)61-109)95(49-69(93)63-111)114-91-43-35-73(103(7,8)9)53-87(91)88-54-77(36-44-92(88)114)107(19,20)45-46-108(21,22)78-32-40-82-79-37-29-74(104(10,11)12)55-97(79)115(100(82)58-78)94-60-84(68-28-24-26-66(48-68)62-110)96(50-70(94)64-112)116-98-56-75(105(13,14)15)30-38-80(98)81-39-31-76(57-99(81)116)106(16,17)18/h23-44,47-60H,45-46H2,1-22H3. The number of nitriles is 4. The quantitative estimate of drug-likeness (QED) is 0.128.